The number of methoxy groups -OCH3 is 1. The van der Waals surface area contributed by atoms with Gasteiger partial charge in [0.15, 0.2) is 7.98 Å². The van der Waals surface area contributed by atoms with E-state index >= 15 is 0 Å². The van der Waals surface area contributed by atoms with Gasteiger partial charge >= 0.3 is 5.97 Å². The normalized spacial score (nSPS) is 23.3. The van der Waals surface area contributed by atoms with Crippen molar-refractivity contribution in [1.82, 2.24) is 20.4 Å². The van der Waals surface area contributed by atoms with E-state index in [1.54, 1.807) is 20.1 Å². The molecule has 1 aromatic heterocycles. The van der Waals surface area contributed by atoms with Crippen molar-refractivity contribution in [2.45, 2.75) is 43.5 Å². The van der Waals surface area contributed by atoms with Crippen molar-refractivity contribution in [2.75, 3.05) is 13.7 Å². The number of hydrogen-bond acceptors (Lipinski definition) is 7. The summed E-state index contributed by atoms with van der Waals surface area (Å²) in [5, 5.41) is 15.7. The molecule has 43 heavy (non-hydrogen) atoms. The number of nitrogens with one attached hydrogen (secondary N) is 2. The molecule has 1 unspecified atom stereocenters. The second-order valence-corrected chi connectivity index (χ2v) is 11.0. The lowest BCUT2D eigenvalue weighted by Crippen LogP contribution is -2.55. The number of fused-ring (bicyclic) bond motifs is 1. The summed E-state index contributed by atoms with van der Waals surface area (Å²) in [6, 6.07) is 15.0. The second kappa shape index (κ2) is 11.9. The summed E-state index contributed by atoms with van der Waals surface area (Å²) in [6.07, 6.45) is 1.27. The van der Waals surface area contributed by atoms with E-state index in [-0.39, 0.29) is 19.4 Å². The number of amides is 2. The Kier molecular flexibility index (Phi) is 8.28. The highest BCUT2D eigenvalue weighted by Gasteiger charge is 2.61. The molecular weight excluding hydrogens is 547 g/mol. The van der Waals surface area contributed by atoms with Crippen LogP contribution < -0.4 is 20.0 Å². The van der Waals surface area contributed by atoms with Gasteiger partial charge in [-0.3, -0.25) is 9.59 Å². The van der Waals surface area contributed by atoms with Crippen molar-refractivity contribution in [3.63, 3.8) is 0 Å². The van der Waals surface area contributed by atoms with E-state index in [9.17, 15) is 19.5 Å². The summed E-state index contributed by atoms with van der Waals surface area (Å²) >= 11 is 0. The maximum atomic E-state index is 13.6. The molecule has 2 heterocycles. The maximum absolute atomic E-state index is 13.6. The Morgan fingerprint density at radius 2 is 1.95 bits per heavy atom. The van der Waals surface area contributed by atoms with Gasteiger partial charge in [0.2, 0.25) is 11.8 Å². The summed E-state index contributed by atoms with van der Waals surface area (Å²) in [4.78, 5) is 45.5. The maximum Gasteiger partial charge on any atom is 0.330 e. The van der Waals surface area contributed by atoms with Crippen LogP contribution in [0.5, 0.6) is 11.5 Å². The van der Waals surface area contributed by atoms with Crippen molar-refractivity contribution in [1.29, 1.82) is 0 Å². The smallest absolute Gasteiger partial charge is 0.330 e. The number of aromatic nitrogens is 1. The Balaban J connectivity index is 1.49. The number of ether oxygens (including phenoxy) is 2. The zero-order valence-electron chi connectivity index (χ0n) is 24.1. The standard InChI is InChI=1S/C32H33BN4O6/c1-5-20-16-32(20,31(40)41)35-29(38)26-14-22(17-37(26)30(39)28(36-33)18(2)3)43-27-15-24(19-9-7-6-8-10-19)34-25-13-21(42-4)11-12-23(25)27/h5-13,15,20,22,26,28,36H,1-2,14,16-17H2,3-4H3,(H,35,38)(H,40,41)/t20?,22-,26+,28+,32-/m1/s1. The van der Waals surface area contributed by atoms with Crippen LogP contribution in [-0.2, 0) is 14.4 Å². The third-order valence-electron chi connectivity index (χ3n) is 8.12. The van der Waals surface area contributed by atoms with Crippen LogP contribution in [0.25, 0.3) is 22.2 Å². The lowest BCUT2D eigenvalue weighted by molar-refractivity contribution is -0.145. The monoisotopic (exact) mass is 580 g/mol. The third-order valence-corrected chi connectivity index (χ3v) is 8.12. The van der Waals surface area contributed by atoms with Gasteiger partial charge in [0, 0.05) is 35.4 Å². The Labute approximate surface area is 251 Å². The van der Waals surface area contributed by atoms with Crippen LogP contribution in [0.4, 0.5) is 0 Å². The summed E-state index contributed by atoms with van der Waals surface area (Å²) in [7, 11) is 7.25. The summed E-state index contributed by atoms with van der Waals surface area (Å²) in [5.41, 5.74) is 1.23. The highest BCUT2D eigenvalue weighted by molar-refractivity contribution is 6.07. The number of carbonyl (C=O) groups is 3. The third kappa shape index (κ3) is 5.72. The number of likely N-dealkylation sites (tertiary alicyclic amines) is 1. The number of nitrogens with zero attached hydrogens (tertiary/aromatic N) is 2. The predicted molar refractivity (Wildman–Crippen MR) is 163 cm³/mol. The molecule has 1 aliphatic carbocycles. The number of aliphatic carboxylic acids is 1. The topological polar surface area (TPSA) is 130 Å². The predicted octanol–water partition coefficient (Wildman–Crippen LogP) is 3.02. The first-order chi connectivity index (χ1) is 20.6. The first-order valence-electron chi connectivity index (χ1n) is 13.9. The highest BCUT2D eigenvalue weighted by atomic mass is 16.5. The minimum atomic E-state index is -1.45. The molecule has 10 nitrogen and oxygen atoms in total. The van der Waals surface area contributed by atoms with E-state index in [0.717, 1.165) is 10.9 Å². The number of carboxylic acids is 1. The molecule has 1 aliphatic heterocycles. The molecule has 1 saturated carbocycles. The van der Waals surface area contributed by atoms with Gasteiger partial charge in [-0.25, -0.2) is 9.78 Å². The van der Waals surface area contributed by atoms with Crippen LogP contribution in [0.3, 0.4) is 0 Å². The summed E-state index contributed by atoms with van der Waals surface area (Å²) in [6.45, 7) is 9.25. The Hall–Kier alpha value is -4.64. The molecule has 2 amide bonds. The molecule has 2 aromatic carbocycles. The lowest BCUT2D eigenvalue weighted by atomic mass is 10.1. The van der Waals surface area contributed by atoms with Crippen molar-refractivity contribution in [3.05, 3.63) is 79.4 Å². The number of carboxylic acid groups (broad SMARTS) is 1. The van der Waals surface area contributed by atoms with Crippen LogP contribution in [-0.4, -0.2) is 78.1 Å². The van der Waals surface area contributed by atoms with Crippen molar-refractivity contribution >= 4 is 36.7 Å². The molecule has 2 aliphatic rings. The number of rotatable bonds is 11. The SMILES string of the molecule is [B]N[C@@H](C(=C)C)C(=O)N1C[C@H](Oc2cc(-c3ccccc3)nc3cc(OC)ccc23)C[C@H]1C(=O)N[C@]1(C(=O)O)CC1C=C. The fraction of sp³-hybridized carbons (Fsp3) is 0.312. The van der Waals surface area contributed by atoms with Crippen LogP contribution >= 0.6 is 0 Å². The Morgan fingerprint density at radius 1 is 1.21 bits per heavy atom. The molecule has 220 valence electrons. The zero-order chi connectivity index (χ0) is 30.9. The molecule has 2 radical (unpaired) electrons. The Morgan fingerprint density at radius 3 is 2.56 bits per heavy atom. The number of pyridine rings is 1. The fourth-order valence-electron chi connectivity index (χ4n) is 5.62. The van der Waals surface area contributed by atoms with E-state index < -0.39 is 47.4 Å². The quantitative estimate of drug-likeness (QED) is 0.233. The molecule has 2 fully saturated rings. The average Bonchev–Trinajstić information content (AvgIpc) is 3.56. The molecule has 1 saturated heterocycles. The van der Waals surface area contributed by atoms with Crippen LogP contribution in [0, 0.1) is 5.92 Å². The van der Waals surface area contributed by atoms with Crippen LogP contribution in [0.15, 0.2) is 79.4 Å². The van der Waals surface area contributed by atoms with Gasteiger partial charge in [0.1, 0.15) is 29.2 Å². The number of benzene rings is 2. The van der Waals surface area contributed by atoms with E-state index in [1.807, 2.05) is 48.5 Å². The minimum Gasteiger partial charge on any atom is -0.497 e. The summed E-state index contributed by atoms with van der Waals surface area (Å²) in [5.74, 6) is -1.44. The van der Waals surface area contributed by atoms with E-state index in [4.69, 9.17) is 22.4 Å². The molecule has 0 bridgehead atoms. The van der Waals surface area contributed by atoms with Gasteiger partial charge in [0.25, 0.3) is 0 Å². The van der Waals surface area contributed by atoms with Gasteiger partial charge in [-0.15, -0.1) is 6.58 Å². The number of carbonyl (C=O) groups excluding carboxylic acids is 2. The van der Waals surface area contributed by atoms with Gasteiger partial charge < -0.3 is 30.0 Å². The molecule has 11 heteroatoms. The van der Waals surface area contributed by atoms with E-state index in [0.29, 0.717) is 28.3 Å². The van der Waals surface area contributed by atoms with E-state index in [1.165, 1.54) is 11.0 Å². The van der Waals surface area contributed by atoms with Gasteiger partial charge in [-0.1, -0.05) is 48.6 Å². The molecule has 3 aromatic rings. The largest absolute Gasteiger partial charge is 0.497 e. The van der Waals surface area contributed by atoms with Crippen molar-refractivity contribution < 1.29 is 29.0 Å². The van der Waals surface area contributed by atoms with Crippen LogP contribution in [0.1, 0.15) is 19.8 Å². The molecule has 5 atom stereocenters. The first kappa shape index (κ1) is 29.8. The van der Waals surface area contributed by atoms with Gasteiger partial charge in [-0.05, 0) is 25.5 Å². The second-order valence-electron chi connectivity index (χ2n) is 11.0. The highest BCUT2D eigenvalue weighted by Crippen LogP contribution is 2.45. The molecule has 3 N–H and O–H groups in total. The van der Waals surface area contributed by atoms with E-state index in [2.05, 4.69) is 23.7 Å². The number of hydrogen-bond donors (Lipinski definition) is 3. The van der Waals surface area contributed by atoms with Crippen LogP contribution in [0.2, 0.25) is 0 Å². The molecule has 0 spiro atoms. The molecular formula is C32H33BN4O6. The Bertz CT molecular complexity index is 1600. The fourth-order valence-corrected chi connectivity index (χ4v) is 5.62. The molecule has 5 rings (SSSR count). The summed E-state index contributed by atoms with van der Waals surface area (Å²) < 4.78 is 11.9. The van der Waals surface area contributed by atoms with Gasteiger partial charge in [-0.2, -0.15) is 0 Å². The van der Waals surface area contributed by atoms with Gasteiger partial charge in [0.05, 0.1) is 30.9 Å². The average molecular weight is 580 g/mol. The first-order valence-corrected chi connectivity index (χ1v) is 13.9. The van der Waals surface area contributed by atoms with Crippen molar-refractivity contribution in [2.24, 2.45) is 5.92 Å². The van der Waals surface area contributed by atoms with Crippen molar-refractivity contribution in [3.8, 4) is 22.8 Å². The minimum absolute atomic E-state index is 0.0635. The zero-order valence-corrected chi connectivity index (χ0v) is 24.1. The lowest BCUT2D eigenvalue weighted by Gasteiger charge is -2.29.